The summed E-state index contributed by atoms with van der Waals surface area (Å²) in [5, 5.41) is 12.9. The smallest absolute Gasteiger partial charge is 0.435 e. The van der Waals surface area contributed by atoms with Crippen LogP contribution in [0.1, 0.15) is 30.5 Å². The van der Waals surface area contributed by atoms with Crippen LogP contribution in [0.15, 0.2) is 6.20 Å². The standard InChI is InChI=1S/C16H20F3N3O5S/c1-21-9-10(13(20-21)16(17,18)19)8-12(23)22-5-2-11(14(24)25)15(22)3-6-28(26,27)7-4-15/h9,11H,2-8H2,1H3,(H,24,25). The SMILES string of the molecule is Cn1cc(CC(=O)N2CCC(C(=O)O)C23CCS(=O)(=O)CC3)c(C(F)(F)F)n1. The first kappa shape index (κ1) is 20.6. The predicted molar refractivity (Wildman–Crippen MR) is 90.0 cm³/mol. The van der Waals surface area contributed by atoms with Gasteiger partial charge in [0, 0.05) is 25.4 Å². The molecule has 0 aromatic carbocycles. The Hall–Kier alpha value is -2.11. The zero-order valence-corrected chi connectivity index (χ0v) is 15.9. The van der Waals surface area contributed by atoms with Crippen molar-refractivity contribution in [2.45, 2.75) is 37.4 Å². The molecule has 156 valence electrons. The average Bonchev–Trinajstić information content (AvgIpc) is 3.11. The number of likely N-dealkylation sites (tertiary alicyclic amines) is 1. The Balaban J connectivity index is 1.90. The highest BCUT2D eigenvalue weighted by molar-refractivity contribution is 7.91. The summed E-state index contributed by atoms with van der Waals surface area (Å²) in [7, 11) is -2.01. The number of aliphatic carboxylic acids is 1. The number of carboxylic acids is 1. The van der Waals surface area contributed by atoms with Crippen LogP contribution < -0.4 is 0 Å². The summed E-state index contributed by atoms with van der Waals surface area (Å²) in [4.78, 5) is 25.9. The van der Waals surface area contributed by atoms with Gasteiger partial charge in [-0.15, -0.1) is 0 Å². The molecule has 2 aliphatic rings. The number of alkyl halides is 3. The number of aromatic nitrogens is 2. The molecule has 0 aliphatic carbocycles. The van der Waals surface area contributed by atoms with Gasteiger partial charge in [-0.3, -0.25) is 14.3 Å². The molecular formula is C16H20F3N3O5S. The first-order valence-corrected chi connectivity index (χ1v) is 10.5. The quantitative estimate of drug-likeness (QED) is 0.772. The molecule has 2 fully saturated rings. The minimum atomic E-state index is -4.72. The van der Waals surface area contributed by atoms with E-state index in [4.69, 9.17) is 0 Å². The Morgan fingerprint density at radius 3 is 2.46 bits per heavy atom. The summed E-state index contributed by atoms with van der Waals surface area (Å²) in [5.41, 5.74) is -2.63. The van der Waals surface area contributed by atoms with Crippen LogP contribution in [-0.4, -0.2) is 63.7 Å². The molecule has 12 heteroatoms. The largest absolute Gasteiger partial charge is 0.481 e. The third kappa shape index (κ3) is 3.61. The van der Waals surface area contributed by atoms with Crippen molar-refractivity contribution in [1.29, 1.82) is 0 Å². The Bertz CT molecular complexity index is 895. The second-order valence-electron chi connectivity index (χ2n) is 7.33. The Morgan fingerprint density at radius 1 is 1.32 bits per heavy atom. The molecule has 0 radical (unpaired) electrons. The molecule has 1 aromatic rings. The fourth-order valence-electron chi connectivity index (χ4n) is 4.34. The number of rotatable bonds is 3. The summed E-state index contributed by atoms with van der Waals surface area (Å²) < 4.78 is 64.0. The molecule has 1 amide bonds. The van der Waals surface area contributed by atoms with Crippen molar-refractivity contribution >= 4 is 21.7 Å². The maximum atomic E-state index is 13.1. The summed E-state index contributed by atoms with van der Waals surface area (Å²) in [5.74, 6) is -3.22. The van der Waals surface area contributed by atoms with Crippen LogP contribution in [0.5, 0.6) is 0 Å². The Labute approximate surface area is 159 Å². The summed E-state index contributed by atoms with van der Waals surface area (Å²) in [6.07, 6.45) is -4.11. The van der Waals surface area contributed by atoms with Gasteiger partial charge >= 0.3 is 12.1 Å². The molecular weight excluding hydrogens is 403 g/mol. The molecule has 0 bridgehead atoms. The predicted octanol–water partition coefficient (Wildman–Crippen LogP) is 0.862. The van der Waals surface area contributed by atoms with E-state index in [1.807, 2.05) is 0 Å². The molecule has 8 nitrogen and oxygen atoms in total. The van der Waals surface area contributed by atoms with Gasteiger partial charge < -0.3 is 10.0 Å². The first-order chi connectivity index (χ1) is 12.9. The third-order valence-corrected chi connectivity index (χ3v) is 7.29. The lowest BCUT2D eigenvalue weighted by molar-refractivity contribution is -0.147. The minimum absolute atomic E-state index is 0.0305. The molecule has 1 unspecified atom stereocenters. The summed E-state index contributed by atoms with van der Waals surface area (Å²) >= 11 is 0. The number of halogens is 3. The molecule has 3 rings (SSSR count). The molecule has 1 spiro atoms. The van der Waals surface area contributed by atoms with Gasteiger partial charge in [-0.25, -0.2) is 8.42 Å². The molecule has 1 N–H and O–H groups in total. The van der Waals surface area contributed by atoms with Crippen molar-refractivity contribution in [2.24, 2.45) is 13.0 Å². The number of nitrogens with zero attached hydrogens (tertiary/aromatic N) is 3. The van der Waals surface area contributed by atoms with Crippen molar-refractivity contribution in [2.75, 3.05) is 18.1 Å². The van der Waals surface area contributed by atoms with E-state index in [2.05, 4.69) is 5.10 Å². The highest BCUT2D eigenvalue weighted by atomic mass is 32.2. The van der Waals surface area contributed by atoms with Gasteiger partial charge in [-0.05, 0) is 19.3 Å². The zero-order valence-electron chi connectivity index (χ0n) is 15.1. The van der Waals surface area contributed by atoms with E-state index in [9.17, 15) is 36.3 Å². The number of sulfone groups is 1. The van der Waals surface area contributed by atoms with Crippen LogP contribution in [0, 0.1) is 5.92 Å². The molecule has 1 atom stereocenters. The van der Waals surface area contributed by atoms with Crippen LogP contribution >= 0.6 is 0 Å². The van der Waals surface area contributed by atoms with Gasteiger partial charge in [0.15, 0.2) is 5.69 Å². The maximum Gasteiger partial charge on any atom is 0.435 e. The zero-order chi connectivity index (χ0) is 20.9. The van der Waals surface area contributed by atoms with Crippen molar-refractivity contribution in [3.63, 3.8) is 0 Å². The van der Waals surface area contributed by atoms with Gasteiger partial charge in [-0.2, -0.15) is 18.3 Å². The minimum Gasteiger partial charge on any atom is -0.481 e. The van der Waals surface area contributed by atoms with Crippen LogP contribution in [0.25, 0.3) is 0 Å². The Kier molecular flexibility index (Phi) is 4.97. The second kappa shape index (κ2) is 6.75. The monoisotopic (exact) mass is 423 g/mol. The fraction of sp³-hybridized carbons (Fsp3) is 0.688. The van der Waals surface area contributed by atoms with Crippen LogP contribution in [0.4, 0.5) is 13.2 Å². The number of aryl methyl sites for hydroxylation is 1. The first-order valence-electron chi connectivity index (χ1n) is 8.69. The maximum absolute atomic E-state index is 13.1. The van der Waals surface area contributed by atoms with Crippen molar-refractivity contribution < 1.29 is 36.3 Å². The van der Waals surface area contributed by atoms with Crippen molar-refractivity contribution in [1.82, 2.24) is 14.7 Å². The number of carboxylic acid groups (broad SMARTS) is 1. The van der Waals surface area contributed by atoms with Gasteiger partial charge in [0.05, 0.1) is 29.4 Å². The number of hydrogen-bond acceptors (Lipinski definition) is 5. The van der Waals surface area contributed by atoms with Crippen molar-refractivity contribution in [3.05, 3.63) is 17.5 Å². The lowest BCUT2D eigenvalue weighted by Crippen LogP contribution is -2.56. The number of amides is 1. The van der Waals surface area contributed by atoms with E-state index >= 15 is 0 Å². The van der Waals surface area contributed by atoms with E-state index in [0.29, 0.717) is 0 Å². The normalized spacial score (nSPS) is 23.9. The van der Waals surface area contributed by atoms with Crippen LogP contribution in [-0.2, 0) is 39.1 Å². The second-order valence-corrected chi connectivity index (χ2v) is 9.64. The summed E-state index contributed by atoms with van der Waals surface area (Å²) in [6, 6.07) is 0. The molecule has 3 heterocycles. The number of carbonyl (C=O) groups is 2. The van der Waals surface area contributed by atoms with Crippen LogP contribution in [0.2, 0.25) is 0 Å². The van der Waals surface area contributed by atoms with Crippen LogP contribution in [0.3, 0.4) is 0 Å². The van der Waals surface area contributed by atoms with Gasteiger partial charge in [0.2, 0.25) is 5.91 Å². The molecule has 0 saturated carbocycles. The summed E-state index contributed by atoms with van der Waals surface area (Å²) in [6.45, 7) is 0.0669. The molecule has 28 heavy (non-hydrogen) atoms. The third-order valence-electron chi connectivity index (χ3n) is 5.63. The molecule has 1 aromatic heterocycles. The van der Waals surface area contributed by atoms with E-state index in [-0.39, 0.29) is 42.9 Å². The lowest BCUT2D eigenvalue weighted by atomic mass is 9.79. The number of carbonyl (C=O) groups excluding carboxylic acids is 1. The topological polar surface area (TPSA) is 110 Å². The van der Waals surface area contributed by atoms with Crippen molar-refractivity contribution in [3.8, 4) is 0 Å². The molecule has 2 saturated heterocycles. The average molecular weight is 423 g/mol. The molecule has 2 aliphatic heterocycles. The lowest BCUT2D eigenvalue weighted by Gasteiger charge is -2.43. The van der Waals surface area contributed by atoms with E-state index in [1.165, 1.54) is 11.9 Å². The Morgan fingerprint density at radius 2 is 1.93 bits per heavy atom. The number of hydrogen-bond donors (Lipinski definition) is 1. The van der Waals surface area contributed by atoms with Gasteiger partial charge in [-0.1, -0.05) is 0 Å². The fourth-order valence-corrected chi connectivity index (χ4v) is 5.87. The van der Waals surface area contributed by atoms with E-state index in [1.54, 1.807) is 0 Å². The van der Waals surface area contributed by atoms with E-state index in [0.717, 1.165) is 10.9 Å². The van der Waals surface area contributed by atoms with E-state index < -0.39 is 51.5 Å². The van der Waals surface area contributed by atoms with Gasteiger partial charge in [0.1, 0.15) is 9.84 Å². The highest BCUT2D eigenvalue weighted by Crippen LogP contribution is 2.44. The highest BCUT2D eigenvalue weighted by Gasteiger charge is 2.55. The van der Waals surface area contributed by atoms with Gasteiger partial charge in [0.25, 0.3) is 0 Å².